The van der Waals surface area contributed by atoms with Gasteiger partial charge in [0.15, 0.2) is 5.76 Å². The number of carbonyl (C=O) groups is 1. The second kappa shape index (κ2) is 5.59. The van der Waals surface area contributed by atoms with Crippen LogP contribution in [0.5, 0.6) is 0 Å². The number of esters is 1. The third-order valence-corrected chi connectivity index (χ3v) is 4.62. The second-order valence-electron chi connectivity index (χ2n) is 6.11. The first kappa shape index (κ1) is 15.4. The monoisotopic (exact) mass is 317 g/mol. The van der Waals surface area contributed by atoms with Crippen LogP contribution in [0.1, 0.15) is 72.2 Å². The van der Waals surface area contributed by atoms with E-state index in [1.54, 1.807) is 0 Å². The fraction of sp³-hybridized carbons (Fsp3) is 0.733. The van der Waals surface area contributed by atoms with E-state index in [2.05, 4.69) is 5.16 Å². The summed E-state index contributed by atoms with van der Waals surface area (Å²) in [6.45, 7) is 0. The van der Waals surface area contributed by atoms with Crippen LogP contribution in [-0.2, 0) is 4.74 Å². The van der Waals surface area contributed by atoms with Crippen molar-refractivity contribution < 1.29 is 27.2 Å². The molecule has 0 amide bonds. The van der Waals surface area contributed by atoms with E-state index in [0.717, 1.165) is 12.8 Å². The highest BCUT2D eigenvalue weighted by Crippen LogP contribution is 2.49. The molecule has 1 aromatic heterocycles. The lowest BCUT2D eigenvalue weighted by Gasteiger charge is -2.32. The molecule has 2 fully saturated rings. The number of alkyl halides is 3. The molecule has 2 aliphatic rings. The Kier molecular flexibility index (Phi) is 3.91. The highest BCUT2D eigenvalue weighted by molar-refractivity contribution is 5.92. The Hall–Kier alpha value is -1.53. The summed E-state index contributed by atoms with van der Waals surface area (Å²) >= 11 is 0. The van der Waals surface area contributed by atoms with Crippen LogP contribution in [0.25, 0.3) is 0 Å². The number of aromatic nitrogens is 1. The van der Waals surface area contributed by atoms with Crippen molar-refractivity contribution in [2.75, 3.05) is 7.11 Å². The average Bonchev–Trinajstić information content (AvgIpc) is 3.24. The maximum absolute atomic E-state index is 13.3. The Morgan fingerprint density at radius 2 is 1.91 bits per heavy atom. The minimum atomic E-state index is -4.29. The third kappa shape index (κ3) is 2.73. The van der Waals surface area contributed by atoms with Crippen LogP contribution in [-0.4, -0.2) is 24.4 Å². The largest absolute Gasteiger partial charge is 0.465 e. The van der Waals surface area contributed by atoms with Gasteiger partial charge in [0.1, 0.15) is 11.3 Å². The second-order valence-corrected chi connectivity index (χ2v) is 6.11. The van der Waals surface area contributed by atoms with Crippen LogP contribution in [0.15, 0.2) is 4.52 Å². The van der Waals surface area contributed by atoms with Crippen LogP contribution in [0.4, 0.5) is 13.2 Å². The SMILES string of the molecule is COC(=O)c1c([C@H]2CCCC[C@@H]2C(F)(F)F)noc1C1CC1. The van der Waals surface area contributed by atoms with Crippen LogP contribution in [0.2, 0.25) is 0 Å². The third-order valence-electron chi connectivity index (χ3n) is 4.62. The maximum atomic E-state index is 13.3. The Morgan fingerprint density at radius 3 is 2.50 bits per heavy atom. The fourth-order valence-electron chi connectivity index (χ4n) is 3.35. The van der Waals surface area contributed by atoms with Crippen LogP contribution < -0.4 is 0 Å². The molecule has 0 radical (unpaired) electrons. The first-order valence-electron chi connectivity index (χ1n) is 7.58. The minimum absolute atomic E-state index is 0.0698. The zero-order chi connectivity index (χ0) is 15.9. The van der Waals surface area contributed by atoms with Crippen molar-refractivity contribution in [2.24, 2.45) is 5.92 Å². The first-order valence-corrected chi connectivity index (χ1v) is 7.58. The van der Waals surface area contributed by atoms with Crippen molar-refractivity contribution in [3.8, 4) is 0 Å². The molecule has 122 valence electrons. The zero-order valence-corrected chi connectivity index (χ0v) is 12.3. The molecule has 22 heavy (non-hydrogen) atoms. The standard InChI is InChI=1S/C15H18F3NO3/c1-21-14(20)11-12(19-22-13(11)8-6-7-8)9-4-2-3-5-10(9)15(16,17)18/h8-10H,2-7H2,1H3/t9-,10-/m0/s1. The van der Waals surface area contributed by atoms with Gasteiger partial charge >= 0.3 is 12.1 Å². The molecule has 1 aromatic rings. The van der Waals surface area contributed by atoms with Gasteiger partial charge in [-0.1, -0.05) is 18.0 Å². The number of halogens is 3. The molecule has 2 aliphatic carbocycles. The zero-order valence-electron chi connectivity index (χ0n) is 12.3. The van der Waals surface area contributed by atoms with Gasteiger partial charge in [-0.05, 0) is 25.7 Å². The van der Waals surface area contributed by atoms with Crippen molar-refractivity contribution >= 4 is 5.97 Å². The smallest absolute Gasteiger partial charge is 0.392 e. The molecular formula is C15H18F3NO3. The van der Waals surface area contributed by atoms with Crippen LogP contribution >= 0.6 is 0 Å². The molecule has 1 heterocycles. The minimum Gasteiger partial charge on any atom is -0.465 e. The summed E-state index contributed by atoms with van der Waals surface area (Å²) in [5, 5.41) is 3.86. The summed E-state index contributed by atoms with van der Waals surface area (Å²) in [4.78, 5) is 12.0. The topological polar surface area (TPSA) is 52.3 Å². The van der Waals surface area contributed by atoms with Gasteiger partial charge < -0.3 is 9.26 Å². The lowest BCUT2D eigenvalue weighted by molar-refractivity contribution is -0.187. The summed E-state index contributed by atoms with van der Waals surface area (Å²) in [7, 11) is 1.22. The van der Waals surface area contributed by atoms with Crippen molar-refractivity contribution in [2.45, 2.75) is 56.5 Å². The molecule has 0 aromatic carbocycles. The molecule has 0 bridgehead atoms. The molecule has 4 nitrogen and oxygen atoms in total. The molecule has 7 heteroatoms. The van der Waals surface area contributed by atoms with Gasteiger partial charge in [0.2, 0.25) is 0 Å². The predicted molar refractivity (Wildman–Crippen MR) is 70.6 cm³/mol. The van der Waals surface area contributed by atoms with E-state index in [1.165, 1.54) is 7.11 Å². The number of nitrogens with zero attached hydrogens (tertiary/aromatic N) is 1. The summed E-state index contributed by atoms with van der Waals surface area (Å²) in [6, 6.07) is 0. The van der Waals surface area contributed by atoms with E-state index in [-0.39, 0.29) is 23.6 Å². The van der Waals surface area contributed by atoms with Crippen molar-refractivity contribution in [1.29, 1.82) is 0 Å². The van der Waals surface area contributed by atoms with Crippen LogP contribution in [0.3, 0.4) is 0 Å². The van der Waals surface area contributed by atoms with E-state index in [1.807, 2.05) is 0 Å². The molecule has 0 saturated heterocycles. The molecule has 3 rings (SSSR count). The van der Waals surface area contributed by atoms with Gasteiger partial charge in [-0.3, -0.25) is 0 Å². The predicted octanol–water partition coefficient (Wildman–Crippen LogP) is 4.17. The van der Waals surface area contributed by atoms with Crippen molar-refractivity contribution in [1.82, 2.24) is 5.16 Å². The van der Waals surface area contributed by atoms with E-state index in [9.17, 15) is 18.0 Å². The Balaban J connectivity index is 2.00. The fourth-order valence-corrected chi connectivity index (χ4v) is 3.35. The van der Waals surface area contributed by atoms with E-state index >= 15 is 0 Å². The molecule has 2 saturated carbocycles. The summed E-state index contributed by atoms with van der Waals surface area (Å²) in [6.07, 6.45) is -0.884. The summed E-state index contributed by atoms with van der Waals surface area (Å²) < 4.78 is 49.9. The van der Waals surface area contributed by atoms with Gasteiger partial charge in [-0.25, -0.2) is 4.79 Å². The number of carbonyl (C=O) groups excluding carboxylic acids is 1. The highest BCUT2D eigenvalue weighted by Gasteiger charge is 2.49. The highest BCUT2D eigenvalue weighted by atomic mass is 19.4. The lowest BCUT2D eigenvalue weighted by atomic mass is 9.76. The van der Waals surface area contributed by atoms with Crippen molar-refractivity contribution in [3.63, 3.8) is 0 Å². The summed E-state index contributed by atoms with van der Waals surface area (Å²) in [5.41, 5.74) is 0.266. The van der Waals surface area contributed by atoms with Gasteiger partial charge in [-0.2, -0.15) is 13.2 Å². The van der Waals surface area contributed by atoms with Gasteiger partial charge in [-0.15, -0.1) is 0 Å². The normalized spacial score (nSPS) is 26.0. The number of hydrogen-bond acceptors (Lipinski definition) is 4. The molecule has 0 spiro atoms. The number of rotatable bonds is 3. The number of hydrogen-bond donors (Lipinski definition) is 0. The maximum Gasteiger partial charge on any atom is 0.392 e. The molecule has 0 N–H and O–H groups in total. The Labute approximate surface area is 126 Å². The Morgan fingerprint density at radius 1 is 1.23 bits per heavy atom. The van der Waals surface area contributed by atoms with Gasteiger partial charge in [0.25, 0.3) is 0 Å². The lowest BCUT2D eigenvalue weighted by Crippen LogP contribution is -2.32. The number of methoxy groups -OCH3 is 1. The molecule has 0 aliphatic heterocycles. The van der Waals surface area contributed by atoms with E-state index in [4.69, 9.17) is 9.26 Å². The van der Waals surface area contributed by atoms with E-state index in [0.29, 0.717) is 25.0 Å². The quantitative estimate of drug-likeness (QED) is 0.785. The Bertz CT molecular complexity index is 563. The van der Waals surface area contributed by atoms with E-state index < -0.39 is 24.0 Å². The molecular weight excluding hydrogens is 299 g/mol. The van der Waals surface area contributed by atoms with Gasteiger partial charge in [0, 0.05) is 11.8 Å². The summed E-state index contributed by atoms with van der Waals surface area (Å²) in [5.74, 6) is -2.46. The van der Waals surface area contributed by atoms with Gasteiger partial charge in [0.05, 0.1) is 13.0 Å². The molecule has 0 unspecified atom stereocenters. The number of ether oxygens (including phenoxy) is 1. The van der Waals surface area contributed by atoms with Crippen LogP contribution in [0, 0.1) is 5.92 Å². The van der Waals surface area contributed by atoms with Crippen molar-refractivity contribution in [3.05, 3.63) is 17.0 Å². The molecule has 2 atom stereocenters. The first-order chi connectivity index (χ1) is 10.4. The average molecular weight is 317 g/mol.